The van der Waals surface area contributed by atoms with Gasteiger partial charge in [0.05, 0.1) is 0 Å². The third-order valence-corrected chi connectivity index (χ3v) is 1.35. The Hall–Kier alpha value is -1.25. The Balaban J connectivity index is 2.58. The summed E-state index contributed by atoms with van der Waals surface area (Å²) >= 11 is 0. The Labute approximate surface area is 59.0 Å². The van der Waals surface area contributed by atoms with Gasteiger partial charge in [0.25, 0.3) is 6.47 Å². The zero-order valence-electron chi connectivity index (χ0n) is 5.70. The van der Waals surface area contributed by atoms with Crippen molar-refractivity contribution in [3.8, 4) is 0 Å². The molecule has 0 aliphatic rings. The van der Waals surface area contributed by atoms with E-state index in [1.54, 1.807) is 12.4 Å². The quantitative estimate of drug-likeness (QED) is 0.640. The van der Waals surface area contributed by atoms with Crippen molar-refractivity contribution in [2.45, 2.75) is 13.0 Å². The largest absolute Gasteiger partial charge is 0.460 e. The molecule has 54 valence electrons. The van der Waals surface area contributed by atoms with Gasteiger partial charge in [-0.25, -0.2) is 0 Å². The highest BCUT2D eigenvalue weighted by Gasteiger charge is 2.03. The van der Waals surface area contributed by atoms with Gasteiger partial charge < -0.3 is 9.72 Å². The minimum absolute atomic E-state index is 0.149. The van der Waals surface area contributed by atoms with E-state index in [-0.39, 0.29) is 6.10 Å². The molecule has 0 bridgehead atoms. The number of nitrogens with one attached hydrogen (secondary N) is 1. The van der Waals surface area contributed by atoms with Crippen LogP contribution in [0.3, 0.4) is 0 Å². The fraction of sp³-hybridized carbons (Fsp3) is 0.286. The van der Waals surface area contributed by atoms with Gasteiger partial charge in [0.1, 0.15) is 6.10 Å². The van der Waals surface area contributed by atoms with Crippen LogP contribution in [0.2, 0.25) is 0 Å². The molecule has 0 saturated heterocycles. The molecule has 10 heavy (non-hydrogen) atoms. The summed E-state index contributed by atoms with van der Waals surface area (Å²) in [5.74, 6) is 0. The molecule has 0 radical (unpaired) electrons. The average molecular weight is 139 g/mol. The monoisotopic (exact) mass is 139 g/mol. The van der Waals surface area contributed by atoms with Crippen LogP contribution in [0, 0.1) is 0 Å². The maximum atomic E-state index is 9.88. The molecule has 0 aliphatic carbocycles. The molecule has 0 amide bonds. The first-order valence-electron chi connectivity index (χ1n) is 3.06. The molecule has 0 saturated carbocycles. The smallest absolute Gasteiger partial charge is 0.293 e. The zero-order valence-corrected chi connectivity index (χ0v) is 5.70. The predicted octanol–water partition coefficient (Wildman–Crippen LogP) is 1.25. The van der Waals surface area contributed by atoms with E-state index in [1.165, 1.54) is 0 Å². The Bertz CT molecular complexity index is 193. The van der Waals surface area contributed by atoms with Crippen LogP contribution in [-0.2, 0) is 9.53 Å². The van der Waals surface area contributed by atoms with Crippen molar-refractivity contribution in [3.63, 3.8) is 0 Å². The lowest BCUT2D eigenvalue weighted by Crippen LogP contribution is -1.95. The maximum Gasteiger partial charge on any atom is 0.293 e. The lowest BCUT2D eigenvalue weighted by atomic mass is 10.2. The molecule has 1 rings (SSSR count). The van der Waals surface area contributed by atoms with E-state index in [9.17, 15) is 4.79 Å². The Morgan fingerprint density at radius 3 is 3.10 bits per heavy atom. The topological polar surface area (TPSA) is 42.1 Å². The third-order valence-electron chi connectivity index (χ3n) is 1.35. The number of aromatic amines is 1. The number of carbonyl (C=O) groups excluding carboxylic acids is 1. The van der Waals surface area contributed by atoms with Gasteiger partial charge in [-0.3, -0.25) is 4.79 Å². The number of H-pyrrole nitrogens is 1. The number of ether oxygens (including phenoxy) is 1. The molecule has 0 fully saturated rings. The van der Waals surface area contributed by atoms with Crippen LogP contribution in [0.1, 0.15) is 18.6 Å². The second kappa shape index (κ2) is 3.06. The van der Waals surface area contributed by atoms with Crippen LogP contribution in [0.15, 0.2) is 18.5 Å². The maximum absolute atomic E-state index is 9.88. The van der Waals surface area contributed by atoms with Crippen molar-refractivity contribution in [3.05, 3.63) is 24.0 Å². The van der Waals surface area contributed by atoms with Crippen molar-refractivity contribution in [2.75, 3.05) is 0 Å². The van der Waals surface area contributed by atoms with Gasteiger partial charge in [0.15, 0.2) is 0 Å². The molecule has 1 aromatic rings. The molecule has 1 N–H and O–H groups in total. The minimum atomic E-state index is -0.149. The summed E-state index contributed by atoms with van der Waals surface area (Å²) in [7, 11) is 0. The first-order valence-corrected chi connectivity index (χ1v) is 3.06. The lowest BCUT2D eigenvalue weighted by Gasteiger charge is -2.04. The highest BCUT2D eigenvalue weighted by molar-refractivity contribution is 5.38. The summed E-state index contributed by atoms with van der Waals surface area (Å²) in [4.78, 5) is 12.8. The molecule has 0 aliphatic heterocycles. The van der Waals surface area contributed by atoms with Crippen LogP contribution >= 0.6 is 0 Å². The molecule has 1 aromatic heterocycles. The molecule has 0 spiro atoms. The van der Waals surface area contributed by atoms with E-state index in [2.05, 4.69) is 9.72 Å². The van der Waals surface area contributed by atoms with Crippen molar-refractivity contribution >= 4 is 6.47 Å². The molecule has 1 heterocycles. The Kier molecular flexibility index (Phi) is 2.10. The van der Waals surface area contributed by atoms with E-state index in [0.29, 0.717) is 6.47 Å². The van der Waals surface area contributed by atoms with Crippen LogP contribution in [0.5, 0.6) is 0 Å². The zero-order chi connectivity index (χ0) is 7.40. The molecule has 0 aromatic carbocycles. The second-order valence-corrected chi connectivity index (χ2v) is 2.02. The number of rotatable bonds is 3. The van der Waals surface area contributed by atoms with Gasteiger partial charge in [0, 0.05) is 18.0 Å². The second-order valence-electron chi connectivity index (χ2n) is 2.02. The van der Waals surface area contributed by atoms with E-state index in [1.807, 2.05) is 13.0 Å². The molecular formula is C7H9NO2. The van der Waals surface area contributed by atoms with Crippen LogP contribution < -0.4 is 0 Å². The molecular weight excluding hydrogens is 130 g/mol. The predicted molar refractivity (Wildman–Crippen MR) is 36.4 cm³/mol. The Morgan fingerprint density at radius 2 is 2.60 bits per heavy atom. The van der Waals surface area contributed by atoms with Gasteiger partial charge in [-0.05, 0) is 13.0 Å². The minimum Gasteiger partial charge on any atom is -0.460 e. The number of hydrogen-bond acceptors (Lipinski definition) is 2. The number of aromatic nitrogens is 1. The summed E-state index contributed by atoms with van der Waals surface area (Å²) in [5.41, 5.74) is 0.979. The van der Waals surface area contributed by atoms with Crippen LogP contribution in [0.25, 0.3) is 0 Å². The molecule has 1 unspecified atom stereocenters. The van der Waals surface area contributed by atoms with Crippen molar-refractivity contribution in [2.24, 2.45) is 0 Å². The summed E-state index contributed by atoms with van der Waals surface area (Å²) in [5, 5.41) is 0. The van der Waals surface area contributed by atoms with E-state index >= 15 is 0 Å². The van der Waals surface area contributed by atoms with Crippen LogP contribution in [0.4, 0.5) is 0 Å². The SMILES string of the molecule is CC(OC=O)c1cc[nH]c1. The van der Waals surface area contributed by atoms with Gasteiger partial charge in [-0.15, -0.1) is 0 Å². The highest BCUT2D eigenvalue weighted by atomic mass is 16.5. The van der Waals surface area contributed by atoms with Gasteiger partial charge >= 0.3 is 0 Å². The number of hydrogen-bond donors (Lipinski definition) is 1. The van der Waals surface area contributed by atoms with Crippen molar-refractivity contribution < 1.29 is 9.53 Å². The van der Waals surface area contributed by atoms with Gasteiger partial charge in [0.2, 0.25) is 0 Å². The molecule has 3 nitrogen and oxygen atoms in total. The highest BCUT2D eigenvalue weighted by Crippen LogP contribution is 2.13. The summed E-state index contributed by atoms with van der Waals surface area (Å²) < 4.78 is 4.69. The van der Waals surface area contributed by atoms with Gasteiger partial charge in [-0.1, -0.05) is 0 Å². The average Bonchev–Trinajstić information content (AvgIpc) is 2.38. The lowest BCUT2D eigenvalue weighted by molar-refractivity contribution is -0.133. The molecule has 1 atom stereocenters. The van der Waals surface area contributed by atoms with E-state index < -0.39 is 0 Å². The summed E-state index contributed by atoms with van der Waals surface area (Å²) in [6.07, 6.45) is 3.44. The fourth-order valence-electron chi connectivity index (χ4n) is 0.752. The summed E-state index contributed by atoms with van der Waals surface area (Å²) in [6.45, 7) is 2.27. The van der Waals surface area contributed by atoms with Gasteiger partial charge in [-0.2, -0.15) is 0 Å². The third kappa shape index (κ3) is 1.37. The first-order chi connectivity index (χ1) is 4.84. The Morgan fingerprint density at radius 1 is 1.80 bits per heavy atom. The standard InChI is InChI=1S/C7H9NO2/c1-6(10-5-9)7-2-3-8-4-7/h2-6,8H,1H3. The summed E-state index contributed by atoms with van der Waals surface area (Å²) in [6, 6.07) is 1.87. The molecule has 3 heteroatoms. The van der Waals surface area contributed by atoms with E-state index in [4.69, 9.17) is 0 Å². The number of carbonyl (C=O) groups is 1. The van der Waals surface area contributed by atoms with Crippen LogP contribution in [-0.4, -0.2) is 11.5 Å². The van der Waals surface area contributed by atoms with E-state index in [0.717, 1.165) is 5.56 Å². The first kappa shape index (κ1) is 6.86. The fourth-order valence-corrected chi connectivity index (χ4v) is 0.752. The normalized spacial score (nSPS) is 12.5. The van der Waals surface area contributed by atoms with Crippen molar-refractivity contribution in [1.82, 2.24) is 4.98 Å². The van der Waals surface area contributed by atoms with Crippen molar-refractivity contribution in [1.29, 1.82) is 0 Å².